The van der Waals surface area contributed by atoms with Gasteiger partial charge < -0.3 is 20.7 Å². The summed E-state index contributed by atoms with van der Waals surface area (Å²) in [5.41, 5.74) is 3.10. The van der Waals surface area contributed by atoms with Crippen LogP contribution in [-0.2, 0) is 14.3 Å². The van der Waals surface area contributed by atoms with Gasteiger partial charge in [-0.05, 0) is 46.5 Å². The Bertz CT molecular complexity index is 628. The molecule has 0 aromatic heterocycles. The molecule has 1 atom stereocenters. The average Bonchev–Trinajstić information content (AvgIpc) is 2.81. The second-order valence-electron chi connectivity index (χ2n) is 11.6. The third kappa shape index (κ3) is 6.01. The molecule has 2 rings (SSSR count). The van der Waals surface area contributed by atoms with E-state index >= 15 is 0 Å². The molecule has 0 bridgehead atoms. The van der Waals surface area contributed by atoms with E-state index in [9.17, 15) is 9.59 Å². The lowest BCUT2D eigenvalue weighted by atomic mass is 9.72. The van der Waals surface area contributed by atoms with Gasteiger partial charge in [0.1, 0.15) is 0 Å². The molecule has 2 saturated heterocycles. The molecule has 0 saturated carbocycles. The maximum Gasteiger partial charge on any atom is 0.271 e. The SMILES string of the molecule is CCCCN1C(=O)C2(CC(C)(C)NC(C)(C)C2)OC1(CCCCCCC(C)C)C(N)=O. The summed E-state index contributed by atoms with van der Waals surface area (Å²) < 4.78 is 6.64. The molecule has 2 amide bonds. The highest BCUT2D eigenvalue weighted by molar-refractivity contribution is 5.96. The predicted molar refractivity (Wildman–Crippen MR) is 125 cm³/mol. The molecular formula is C25H47N3O3. The van der Waals surface area contributed by atoms with Gasteiger partial charge in [-0.3, -0.25) is 9.59 Å². The molecule has 0 aromatic carbocycles. The van der Waals surface area contributed by atoms with Gasteiger partial charge in [0.05, 0.1) is 0 Å². The maximum absolute atomic E-state index is 13.9. The summed E-state index contributed by atoms with van der Waals surface area (Å²) in [5.74, 6) is 0.135. The number of amides is 2. The molecule has 6 nitrogen and oxygen atoms in total. The van der Waals surface area contributed by atoms with Gasteiger partial charge in [-0.1, -0.05) is 52.9 Å². The summed E-state index contributed by atoms with van der Waals surface area (Å²) in [7, 11) is 0. The number of nitrogens with one attached hydrogen (secondary N) is 1. The molecule has 0 radical (unpaired) electrons. The van der Waals surface area contributed by atoms with Crippen LogP contribution in [0.25, 0.3) is 0 Å². The molecule has 3 N–H and O–H groups in total. The monoisotopic (exact) mass is 437 g/mol. The Balaban J connectivity index is 2.27. The predicted octanol–water partition coefficient (Wildman–Crippen LogP) is 4.50. The van der Waals surface area contributed by atoms with E-state index in [0.717, 1.165) is 32.1 Å². The second kappa shape index (κ2) is 9.78. The number of carbonyl (C=O) groups is 2. The van der Waals surface area contributed by atoms with E-state index in [2.05, 4.69) is 53.8 Å². The summed E-state index contributed by atoms with van der Waals surface area (Å²) in [6.45, 7) is 15.5. The van der Waals surface area contributed by atoms with Crippen LogP contribution in [0, 0.1) is 5.92 Å². The molecule has 2 fully saturated rings. The number of nitrogens with two attached hydrogens (primary N) is 1. The van der Waals surface area contributed by atoms with Crippen molar-refractivity contribution in [1.29, 1.82) is 0 Å². The molecule has 2 heterocycles. The van der Waals surface area contributed by atoms with Gasteiger partial charge in [-0.15, -0.1) is 0 Å². The van der Waals surface area contributed by atoms with Crippen molar-refractivity contribution in [3.63, 3.8) is 0 Å². The molecule has 1 unspecified atom stereocenters. The third-order valence-corrected chi connectivity index (χ3v) is 6.73. The summed E-state index contributed by atoms with van der Waals surface area (Å²) in [6.07, 6.45) is 8.73. The minimum Gasteiger partial charge on any atom is -0.365 e. The van der Waals surface area contributed by atoms with E-state index in [1.54, 1.807) is 4.90 Å². The molecule has 180 valence electrons. The summed E-state index contributed by atoms with van der Waals surface area (Å²) in [5, 5.41) is 3.63. The average molecular weight is 438 g/mol. The van der Waals surface area contributed by atoms with Crippen molar-refractivity contribution >= 4 is 11.8 Å². The van der Waals surface area contributed by atoms with Crippen LogP contribution in [0.5, 0.6) is 0 Å². The highest BCUT2D eigenvalue weighted by Crippen LogP contribution is 2.49. The number of hydrogen-bond donors (Lipinski definition) is 2. The van der Waals surface area contributed by atoms with E-state index in [4.69, 9.17) is 10.5 Å². The van der Waals surface area contributed by atoms with Gasteiger partial charge in [-0.25, -0.2) is 0 Å². The molecular weight excluding hydrogens is 390 g/mol. The zero-order valence-electron chi connectivity index (χ0n) is 21.1. The molecule has 0 aliphatic carbocycles. The van der Waals surface area contributed by atoms with Crippen molar-refractivity contribution in [2.75, 3.05) is 6.54 Å². The Kier molecular flexibility index (Phi) is 8.24. The van der Waals surface area contributed by atoms with Crippen LogP contribution in [0.4, 0.5) is 0 Å². The van der Waals surface area contributed by atoms with E-state index in [1.807, 2.05) is 0 Å². The van der Waals surface area contributed by atoms with Crippen LogP contribution in [0.3, 0.4) is 0 Å². The van der Waals surface area contributed by atoms with Gasteiger partial charge in [0.2, 0.25) is 5.72 Å². The van der Waals surface area contributed by atoms with E-state index in [-0.39, 0.29) is 17.0 Å². The second-order valence-corrected chi connectivity index (χ2v) is 11.6. The lowest BCUT2D eigenvalue weighted by Crippen LogP contribution is -2.65. The van der Waals surface area contributed by atoms with Crippen LogP contribution in [-0.4, -0.2) is 45.7 Å². The maximum atomic E-state index is 13.9. The summed E-state index contributed by atoms with van der Waals surface area (Å²) >= 11 is 0. The molecule has 31 heavy (non-hydrogen) atoms. The van der Waals surface area contributed by atoms with Gasteiger partial charge in [-0.2, -0.15) is 0 Å². The van der Waals surface area contributed by atoms with Crippen LogP contribution in [0.1, 0.15) is 113 Å². The topological polar surface area (TPSA) is 84.7 Å². The van der Waals surface area contributed by atoms with Crippen molar-refractivity contribution in [2.45, 2.75) is 135 Å². The van der Waals surface area contributed by atoms with Gasteiger partial charge >= 0.3 is 0 Å². The number of primary amides is 1. The van der Waals surface area contributed by atoms with Crippen molar-refractivity contribution in [1.82, 2.24) is 10.2 Å². The Labute approximate surface area is 190 Å². The number of unbranched alkanes of at least 4 members (excludes halogenated alkanes) is 4. The Hall–Kier alpha value is -1.14. The van der Waals surface area contributed by atoms with Crippen molar-refractivity contribution in [3.8, 4) is 0 Å². The summed E-state index contributed by atoms with van der Waals surface area (Å²) in [6, 6.07) is 0. The largest absolute Gasteiger partial charge is 0.365 e. The summed E-state index contributed by atoms with van der Waals surface area (Å²) in [4.78, 5) is 28.4. The van der Waals surface area contributed by atoms with Crippen LogP contribution < -0.4 is 11.1 Å². The van der Waals surface area contributed by atoms with Gasteiger partial charge in [0.25, 0.3) is 11.8 Å². The molecule has 6 heteroatoms. The van der Waals surface area contributed by atoms with Crippen molar-refractivity contribution < 1.29 is 14.3 Å². The highest BCUT2D eigenvalue weighted by atomic mass is 16.6. The Morgan fingerprint density at radius 3 is 2.16 bits per heavy atom. The first-order valence-electron chi connectivity index (χ1n) is 12.4. The molecule has 0 aromatic rings. The first-order valence-corrected chi connectivity index (χ1v) is 12.4. The molecule has 1 spiro atoms. The van der Waals surface area contributed by atoms with Crippen LogP contribution in [0.2, 0.25) is 0 Å². The fraction of sp³-hybridized carbons (Fsp3) is 0.920. The minimum atomic E-state index is -1.33. The Morgan fingerprint density at radius 2 is 1.65 bits per heavy atom. The lowest BCUT2D eigenvalue weighted by Gasteiger charge is -2.50. The number of rotatable bonds is 11. The number of ether oxygens (including phenoxy) is 1. The number of piperidine rings is 1. The number of nitrogens with zero attached hydrogens (tertiary/aromatic N) is 1. The van der Waals surface area contributed by atoms with Crippen LogP contribution in [0.15, 0.2) is 0 Å². The zero-order chi connectivity index (χ0) is 23.5. The minimum absolute atomic E-state index is 0.0535. The third-order valence-electron chi connectivity index (χ3n) is 6.73. The van der Waals surface area contributed by atoms with Crippen molar-refractivity contribution in [3.05, 3.63) is 0 Å². The normalized spacial score (nSPS) is 26.7. The standard InChI is InChI=1S/C25H47N3O3/c1-8-9-16-28-21(30)24(17-22(4,5)27-23(6,7)18-24)31-25(28,20(26)29)15-13-11-10-12-14-19(2)3/h19,27H,8-18H2,1-7H3,(H2,26,29). The van der Waals surface area contributed by atoms with Crippen LogP contribution >= 0.6 is 0 Å². The fourth-order valence-electron chi connectivity index (χ4n) is 5.91. The van der Waals surface area contributed by atoms with Gasteiger partial charge in [0.15, 0.2) is 5.60 Å². The quantitative estimate of drug-likeness (QED) is 0.466. The van der Waals surface area contributed by atoms with Gasteiger partial charge in [0, 0.05) is 36.9 Å². The smallest absolute Gasteiger partial charge is 0.271 e. The first-order chi connectivity index (χ1) is 14.3. The fourth-order valence-corrected chi connectivity index (χ4v) is 5.91. The lowest BCUT2D eigenvalue weighted by molar-refractivity contribution is -0.184. The molecule has 2 aliphatic heterocycles. The number of hydrogen-bond acceptors (Lipinski definition) is 4. The van der Waals surface area contributed by atoms with Crippen molar-refractivity contribution in [2.24, 2.45) is 11.7 Å². The number of carbonyl (C=O) groups excluding carboxylic acids is 2. The molecule has 2 aliphatic rings. The van der Waals surface area contributed by atoms with E-state index in [0.29, 0.717) is 31.7 Å². The van der Waals surface area contributed by atoms with E-state index < -0.39 is 17.2 Å². The van der Waals surface area contributed by atoms with E-state index in [1.165, 1.54) is 12.8 Å². The Morgan fingerprint density at radius 1 is 1.06 bits per heavy atom. The zero-order valence-corrected chi connectivity index (χ0v) is 21.1. The first kappa shape index (κ1) is 26.1. The highest BCUT2D eigenvalue weighted by Gasteiger charge is 2.66.